The highest BCUT2D eigenvalue weighted by Gasteiger charge is 2.24. The molecule has 0 radical (unpaired) electrons. The lowest BCUT2D eigenvalue weighted by Crippen LogP contribution is -2.49. The minimum atomic E-state index is 0.200. The Bertz CT molecular complexity index is 731. The highest BCUT2D eigenvalue weighted by Crippen LogP contribution is 2.27. The van der Waals surface area contributed by atoms with E-state index in [1.165, 1.54) is 5.56 Å². The molecular formula is C19H21Cl2N3O. The number of amides is 1. The molecule has 132 valence electrons. The molecule has 0 N–H and O–H groups in total. The van der Waals surface area contributed by atoms with Crippen molar-refractivity contribution in [3.63, 3.8) is 0 Å². The first-order chi connectivity index (χ1) is 12.0. The Morgan fingerprint density at radius 1 is 1.16 bits per heavy atom. The lowest BCUT2D eigenvalue weighted by molar-refractivity contribution is -0.131. The van der Waals surface area contributed by atoms with Gasteiger partial charge in [0.2, 0.25) is 5.91 Å². The van der Waals surface area contributed by atoms with Gasteiger partial charge in [0, 0.05) is 38.8 Å². The van der Waals surface area contributed by atoms with E-state index in [1.807, 2.05) is 23.1 Å². The minimum absolute atomic E-state index is 0.200. The second kappa shape index (κ2) is 8.07. The van der Waals surface area contributed by atoms with Crippen molar-refractivity contribution in [3.05, 3.63) is 58.2 Å². The van der Waals surface area contributed by atoms with Crippen molar-refractivity contribution in [1.29, 1.82) is 0 Å². The van der Waals surface area contributed by atoms with Crippen LogP contribution in [0.2, 0.25) is 10.0 Å². The number of hydrogen-bond acceptors (Lipinski definition) is 3. The summed E-state index contributed by atoms with van der Waals surface area (Å²) in [5.41, 5.74) is 1.20. The zero-order valence-electron chi connectivity index (χ0n) is 14.2. The van der Waals surface area contributed by atoms with Crippen LogP contribution in [-0.2, 0) is 4.79 Å². The van der Waals surface area contributed by atoms with E-state index in [0.29, 0.717) is 29.6 Å². The lowest BCUT2D eigenvalue weighted by atomic mass is 9.97. The Morgan fingerprint density at radius 3 is 2.48 bits per heavy atom. The van der Waals surface area contributed by atoms with Crippen LogP contribution >= 0.6 is 23.2 Å². The SMILES string of the molecule is CC(CC(=O)N1CCN(c2ncc(Cl)cc2Cl)CC1)c1ccccc1. The fourth-order valence-corrected chi connectivity index (χ4v) is 3.60. The second-order valence-electron chi connectivity index (χ2n) is 6.34. The molecule has 0 bridgehead atoms. The van der Waals surface area contributed by atoms with Crippen molar-refractivity contribution in [2.75, 3.05) is 31.1 Å². The number of halogens is 2. The summed E-state index contributed by atoms with van der Waals surface area (Å²) in [5, 5.41) is 1.07. The van der Waals surface area contributed by atoms with Gasteiger partial charge in [-0.3, -0.25) is 4.79 Å². The maximum Gasteiger partial charge on any atom is 0.223 e. The molecule has 1 unspecified atom stereocenters. The largest absolute Gasteiger partial charge is 0.352 e. The number of benzene rings is 1. The van der Waals surface area contributed by atoms with Crippen molar-refractivity contribution >= 4 is 34.9 Å². The van der Waals surface area contributed by atoms with E-state index >= 15 is 0 Å². The minimum Gasteiger partial charge on any atom is -0.352 e. The summed E-state index contributed by atoms with van der Waals surface area (Å²) < 4.78 is 0. The topological polar surface area (TPSA) is 36.4 Å². The molecule has 1 atom stereocenters. The monoisotopic (exact) mass is 377 g/mol. The molecule has 0 spiro atoms. The fraction of sp³-hybridized carbons (Fsp3) is 0.368. The number of aromatic nitrogens is 1. The number of piperazine rings is 1. The Balaban J connectivity index is 1.56. The highest BCUT2D eigenvalue weighted by atomic mass is 35.5. The molecule has 2 aromatic rings. The predicted molar refractivity (Wildman–Crippen MR) is 103 cm³/mol. The highest BCUT2D eigenvalue weighted by molar-refractivity contribution is 6.36. The van der Waals surface area contributed by atoms with Crippen LogP contribution in [0.25, 0.3) is 0 Å². The molecule has 3 rings (SSSR count). The molecule has 1 aromatic carbocycles. The Hall–Kier alpha value is -1.78. The van der Waals surface area contributed by atoms with Gasteiger partial charge in [0.25, 0.3) is 0 Å². The van der Waals surface area contributed by atoms with E-state index in [2.05, 4.69) is 28.9 Å². The number of pyridine rings is 1. The van der Waals surface area contributed by atoms with Crippen molar-refractivity contribution in [2.24, 2.45) is 0 Å². The summed E-state index contributed by atoms with van der Waals surface area (Å²) in [6, 6.07) is 11.9. The number of anilines is 1. The summed E-state index contributed by atoms with van der Waals surface area (Å²) in [4.78, 5) is 20.9. The molecule has 1 saturated heterocycles. The van der Waals surface area contributed by atoms with Gasteiger partial charge in [0.15, 0.2) is 0 Å². The number of hydrogen-bond donors (Lipinski definition) is 0. The first-order valence-corrected chi connectivity index (χ1v) is 9.19. The van der Waals surface area contributed by atoms with E-state index in [1.54, 1.807) is 12.3 Å². The third-order valence-electron chi connectivity index (χ3n) is 4.57. The van der Waals surface area contributed by atoms with Gasteiger partial charge < -0.3 is 9.80 Å². The van der Waals surface area contributed by atoms with Gasteiger partial charge in [-0.25, -0.2) is 4.98 Å². The second-order valence-corrected chi connectivity index (χ2v) is 7.19. The molecule has 2 heterocycles. The van der Waals surface area contributed by atoms with Gasteiger partial charge in [-0.1, -0.05) is 60.5 Å². The van der Waals surface area contributed by atoms with Gasteiger partial charge in [0.1, 0.15) is 5.82 Å². The molecule has 1 aromatic heterocycles. The van der Waals surface area contributed by atoms with E-state index in [0.717, 1.165) is 18.9 Å². The summed E-state index contributed by atoms with van der Waals surface area (Å²) in [7, 11) is 0. The zero-order valence-corrected chi connectivity index (χ0v) is 15.7. The normalized spacial score (nSPS) is 16.0. The summed E-state index contributed by atoms with van der Waals surface area (Å²) >= 11 is 12.1. The van der Waals surface area contributed by atoms with Crippen LogP contribution in [0.1, 0.15) is 24.8 Å². The third-order valence-corrected chi connectivity index (χ3v) is 5.05. The van der Waals surface area contributed by atoms with E-state index in [4.69, 9.17) is 23.2 Å². The molecular weight excluding hydrogens is 357 g/mol. The Morgan fingerprint density at radius 2 is 1.84 bits per heavy atom. The fourth-order valence-electron chi connectivity index (χ4n) is 3.10. The smallest absolute Gasteiger partial charge is 0.223 e. The van der Waals surface area contributed by atoms with E-state index < -0.39 is 0 Å². The van der Waals surface area contributed by atoms with Gasteiger partial charge in [-0.05, 0) is 17.5 Å². The number of rotatable bonds is 4. The van der Waals surface area contributed by atoms with Crippen LogP contribution in [0.4, 0.5) is 5.82 Å². The summed E-state index contributed by atoms with van der Waals surface area (Å²) in [5.74, 6) is 1.15. The Kier molecular flexibility index (Phi) is 5.82. The van der Waals surface area contributed by atoms with Crippen molar-refractivity contribution < 1.29 is 4.79 Å². The van der Waals surface area contributed by atoms with Crippen molar-refractivity contribution in [1.82, 2.24) is 9.88 Å². The van der Waals surface area contributed by atoms with Crippen molar-refractivity contribution in [3.8, 4) is 0 Å². The van der Waals surface area contributed by atoms with Crippen LogP contribution in [-0.4, -0.2) is 42.0 Å². The predicted octanol–water partition coefficient (Wildman–Crippen LogP) is 4.23. The van der Waals surface area contributed by atoms with Crippen LogP contribution in [0.3, 0.4) is 0 Å². The zero-order chi connectivity index (χ0) is 17.8. The first kappa shape index (κ1) is 18.0. The van der Waals surface area contributed by atoms with E-state index in [-0.39, 0.29) is 11.8 Å². The molecule has 0 saturated carbocycles. The van der Waals surface area contributed by atoms with Gasteiger partial charge in [0.05, 0.1) is 10.0 Å². The molecule has 6 heteroatoms. The van der Waals surface area contributed by atoms with Gasteiger partial charge >= 0.3 is 0 Å². The van der Waals surface area contributed by atoms with E-state index in [9.17, 15) is 4.79 Å². The number of nitrogens with zero attached hydrogens (tertiary/aromatic N) is 3. The van der Waals surface area contributed by atoms with Crippen LogP contribution in [0.5, 0.6) is 0 Å². The first-order valence-electron chi connectivity index (χ1n) is 8.43. The molecule has 1 aliphatic rings. The molecule has 0 aliphatic carbocycles. The quantitative estimate of drug-likeness (QED) is 0.799. The number of carbonyl (C=O) groups is 1. The van der Waals surface area contributed by atoms with Crippen molar-refractivity contribution in [2.45, 2.75) is 19.3 Å². The standard InChI is InChI=1S/C19H21Cl2N3O/c1-14(15-5-3-2-4-6-15)11-18(25)23-7-9-24(10-8-23)19-17(21)12-16(20)13-22-19/h2-6,12-14H,7-11H2,1H3. The molecule has 4 nitrogen and oxygen atoms in total. The van der Waals surface area contributed by atoms with Crippen LogP contribution in [0.15, 0.2) is 42.6 Å². The number of carbonyl (C=O) groups excluding carboxylic acids is 1. The maximum absolute atomic E-state index is 12.6. The maximum atomic E-state index is 12.6. The average Bonchev–Trinajstić information content (AvgIpc) is 2.62. The van der Waals surface area contributed by atoms with Gasteiger partial charge in [-0.2, -0.15) is 0 Å². The average molecular weight is 378 g/mol. The third kappa shape index (κ3) is 4.44. The molecule has 1 fully saturated rings. The summed E-state index contributed by atoms with van der Waals surface area (Å²) in [6.07, 6.45) is 2.13. The molecule has 25 heavy (non-hydrogen) atoms. The lowest BCUT2D eigenvalue weighted by Gasteiger charge is -2.36. The molecule has 1 aliphatic heterocycles. The molecule has 1 amide bonds. The Labute approximate surface area is 158 Å². The van der Waals surface area contributed by atoms with Gasteiger partial charge in [-0.15, -0.1) is 0 Å². The summed E-state index contributed by atoms with van der Waals surface area (Å²) in [6.45, 7) is 4.91. The van der Waals surface area contributed by atoms with Crippen LogP contribution < -0.4 is 4.90 Å². The van der Waals surface area contributed by atoms with Crippen LogP contribution in [0, 0.1) is 0 Å².